The molecule has 90 valence electrons. The van der Waals surface area contributed by atoms with E-state index in [1.807, 2.05) is 12.1 Å². The summed E-state index contributed by atoms with van der Waals surface area (Å²) < 4.78 is 5.68. The third kappa shape index (κ3) is 3.14. The highest BCUT2D eigenvalue weighted by Crippen LogP contribution is 2.24. The van der Waals surface area contributed by atoms with E-state index in [2.05, 4.69) is 31.2 Å². The number of rotatable bonds is 5. The van der Waals surface area contributed by atoms with Crippen LogP contribution >= 0.6 is 11.9 Å². The van der Waals surface area contributed by atoms with Gasteiger partial charge in [-0.05, 0) is 53.4 Å². The smallest absolute Gasteiger partial charge is 0.119 e. The van der Waals surface area contributed by atoms with Gasteiger partial charge in [0.1, 0.15) is 5.75 Å². The van der Waals surface area contributed by atoms with Crippen LogP contribution in [0.1, 0.15) is 19.8 Å². The third-order valence-electron chi connectivity index (χ3n) is 2.69. The summed E-state index contributed by atoms with van der Waals surface area (Å²) in [7, 11) is 0. The highest BCUT2D eigenvalue weighted by Gasteiger charge is 1.99. The van der Waals surface area contributed by atoms with Crippen LogP contribution in [0.25, 0.3) is 10.8 Å². The Kier molecular flexibility index (Phi) is 4.29. The summed E-state index contributed by atoms with van der Waals surface area (Å²) in [6.45, 7) is 2.95. The maximum Gasteiger partial charge on any atom is 0.119 e. The molecule has 2 aromatic rings. The summed E-state index contributed by atoms with van der Waals surface area (Å²) in [6, 6.07) is 12.4. The Hall–Kier alpha value is -1.19. The van der Waals surface area contributed by atoms with Crippen LogP contribution in [0.2, 0.25) is 0 Å². The van der Waals surface area contributed by atoms with Crippen molar-refractivity contribution in [3.8, 4) is 5.75 Å². The molecular weight excluding hydrogens is 230 g/mol. The topological polar surface area (TPSA) is 35.2 Å². The number of benzene rings is 2. The largest absolute Gasteiger partial charge is 0.494 e. The lowest BCUT2D eigenvalue weighted by molar-refractivity contribution is 0.310. The van der Waals surface area contributed by atoms with Gasteiger partial charge in [-0.3, -0.25) is 5.14 Å². The molecule has 0 unspecified atom stereocenters. The monoisotopic (exact) mass is 247 g/mol. The van der Waals surface area contributed by atoms with Crippen molar-refractivity contribution >= 4 is 22.7 Å². The predicted molar refractivity (Wildman–Crippen MR) is 74.4 cm³/mol. The SMILES string of the molecule is CCCCOc1ccc2cc(SN)ccc2c1. The summed E-state index contributed by atoms with van der Waals surface area (Å²) in [6.07, 6.45) is 2.26. The Morgan fingerprint density at radius 3 is 2.65 bits per heavy atom. The molecule has 0 aliphatic heterocycles. The fraction of sp³-hybridized carbons (Fsp3) is 0.286. The van der Waals surface area contributed by atoms with Crippen LogP contribution in [0, 0.1) is 0 Å². The van der Waals surface area contributed by atoms with E-state index < -0.39 is 0 Å². The van der Waals surface area contributed by atoms with Crippen molar-refractivity contribution < 1.29 is 4.74 Å². The number of fused-ring (bicyclic) bond motifs is 1. The van der Waals surface area contributed by atoms with Crippen LogP contribution in [0.4, 0.5) is 0 Å². The van der Waals surface area contributed by atoms with Gasteiger partial charge in [-0.15, -0.1) is 0 Å². The van der Waals surface area contributed by atoms with Gasteiger partial charge in [0.05, 0.1) is 6.61 Å². The van der Waals surface area contributed by atoms with Crippen molar-refractivity contribution in [2.45, 2.75) is 24.7 Å². The standard InChI is InChI=1S/C14H17NOS/c1-2-3-8-16-13-6-4-12-10-14(17-15)7-5-11(12)9-13/h4-7,9-10H,2-3,8,15H2,1H3. The van der Waals surface area contributed by atoms with Gasteiger partial charge in [0.25, 0.3) is 0 Å². The van der Waals surface area contributed by atoms with Gasteiger partial charge in [0.2, 0.25) is 0 Å². The molecule has 0 spiro atoms. The van der Waals surface area contributed by atoms with Crippen LogP contribution < -0.4 is 9.88 Å². The molecule has 0 amide bonds. The Bertz CT molecular complexity index is 499. The molecule has 0 aliphatic carbocycles. The minimum atomic E-state index is 0.790. The molecule has 0 bridgehead atoms. The van der Waals surface area contributed by atoms with E-state index in [1.54, 1.807) is 0 Å². The number of hydrogen-bond acceptors (Lipinski definition) is 3. The summed E-state index contributed by atoms with van der Waals surface area (Å²) >= 11 is 1.27. The zero-order valence-corrected chi connectivity index (χ0v) is 10.8. The van der Waals surface area contributed by atoms with Gasteiger partial charge >= 0.3 is 0 Å². The Labute approximate surface area is 106 Å². The summed E-state index contributed by atoms with van der Waals surface area (Å²) in [4.78, 5) is 1.08. The second-order valence-corrected chi connectivity index (χ2v) is 4.70. The fourth-order valence-corrected chi connectivity index (χ4v) is 2.04. The van der Waals surface area contributed by atoms with Crippen molar-refractivity contribution in [3.63, 3.8) is 0 Å². The summed E-state index contributed by atoms with van der Waals surface area (Å²) in [5, 5.41) is 7.93. The molecule has 0 heterocycles. The number of ether oxygens (including phenoxy) is 1. The van der Waals surface area contributed by atoms with E-state index in [0.29, 0.717) is 0 Å². The van der Waals surface area contributed by atoms with Crippen LogP contribution in [-0.2, 0) is 0 Å². The first-order valence-electron chi connectivity index (χ1n) is 5.87. The normalized spacial score (nSPS) is 10.7. The minimum absolute atomic E-state index is 0.790. The lowest BCUT2D eigenvalue weighted by Crippen LogP contribution is -1.96. The van der Waals surface area contributed by atoms with Gasteiger partial charge in [-0.2, -0.15) is 0 Å². The number of hydrogen-bond donors (Lipinski definition) is 1. The molecular formula is C14H17NOS. The molecule has 0 aliphatic rings. The van der Waals surface area contributed by atoms with E-state index in [-0.39, 0.29) is 0 Å². The zero-order valence-electron chi connectivity index (χ0n) is 9.98. The van der Waals surface area contributed by atoms with Crippen molar-refractivity contribution in [3.05, 3.63) is 36.4 Å². The molecule has 0 atom stereocenters. The lowest BCUT2D eigenvalue weighted by Gasteiger charge is -2.07. The molecule has 0 saturated heterocycles. The Morgan fingerprint density at radius 1 is 1.12 bits per heavy atom. The Morgan fingerprint density at radius 2 is 1.88 bits per heavy atom. The van der Waals surface area contributed by atoms with Gasteiger partial charge in [-0.25, -0.2) is 0 Å². The summed E-state index contributed by atoms with van der Waals surface area (Å²) in [5.41, 5.74) is 0. The second-order valence-electron chi connectivity index (χ2n) is 3.99. The first-order valence-corrected chi connectivity index (χ1v) is 6.75. The molecule has 0 saturated carbocycles. The average Bonchev–Trinajstić information content (AvgIpc) is 2.38. The van der Waals surface area contributed by atoms with Gasteiger partial charge < -0.3 is 4.74 Å². The molecule has 2 N–H and O–H groups in total. The van der Waals surface area contributed by atoms with Gasteiger partial charge in [-0.1, -0.05) is 25.5 Å². The first kappa shape index (κ1) is 12.3. The van der Waals surface area contributed by atoms with Gasteiger partial charge in [0, 0.05) is 4.90 Å². The predicted octanol–water partition coefficient (Wildman–Crippen LogP) is 3.98. The van der Waals surface area contributed by atoms with Crippen molar-refractivity contribution in [2.24, 2.45) is 5.14 Å². The van der Waals surface area contributed by atoms with Crippen LogP contribution in [-0.4, -0.2) is 6.61 Å². The maximum atomic E-state index is 5.68. The maximum absolute atomic E-state index is 5.68. The first-order chi connectivity index (χ1) is 8.33. The molecule has 0 fully saturated rings. The molecule has 0 radical (unpaired) electrons. The third-order valence-corrected chi connectivity index (χ3v) is 3.21. The molecule has 2 aromatic carbocycles. The molecule has 2 rings (SSSR count). The van der Waals surface area contributed by atoms with E-state index in [1.165, 1.54) is 22.7 Å². The van der Waals surface area contributed by atoms with Crippen molar-refractivity contribution in [1.82, 2.24) is 0 Å². The summed E-state index contributed by atoms with van der Waals surface area (Å²) in [5.74, 6) is 0.944. The lowest BCUT2D eigenvalue weighted by atomic mass is 10.1. The fourth-order valence-electron chi connectivity index (χ4n) is 1.70. The highest BCUT2D eigenvalue weighted by molar-refractivity contribution is 7.97. The molecule has 17 heavy (non-hydrogen) atoms. The van der Waals surface area contributed by atoms with E-state index >= 15 is 0 Å². The van der Waals surface area contributed by atoms with Crippen molar-refractivity contribution in [1.29, 1.82) is 0 Å². The van der Waals surface area contributed by atoms with Gasteiger partial charge in [0.15, 0.2) is 0 Å². The Balaban J connectivity index is 2.19. The van der Waals surface area contributed by atoms with Crippen LogP contribution in [0.3, 0.4) is 0 Å². The molecule has 2 nitrogen and oxygen atoms in total. The highest BCUT2D eigenvalue weighted by atomic mass is 32.2. The second kappa shape index (κ2) is 5.94. The van der Waals surface area contributed by atoms with Crippen molar-refractivity contribution in [2.75, 3.05) is 6.61 Å². The van der Waals surface area contributed by atoms with E-state index in [4.69, 9.17) is 9.88 Å². The molecule has 3 heteroatoms. The number of unbranched alkanes of at least 4 members (excludes halogenated alkanes) is 1. The van der Waals surface area contributed by atoms with Crippen LogP contribution in [0.15, 0.2) is 41.3 Å². The average molecular weight is 247 g/mol. The van der Waals surface area contributed by atoms with E-state index in [9.17, 15) is 0 Å². The minimum Gasteiger partial charge on any atom is -0.494 e. The number of nitrogens with two attached hydrogens (primary N) is 1. The van der Waals surface area contributed by atoms with E-state index in [0.717, 1.165) is 30.1 Å². The zero-order chi connectivity index (χ0) is 12.1. The molecule has 0 aromatic heterocycles. The quantitative estimate of drug-likeness (QED) is 0.641. The van der Waals surface area contributed by atoms with Crippen LogP contribution in [0.5, 0.6) is 5.75 Å².